The van der Waals surface area contributed by atoms with Gasteiger partial charge in [-0.15, -0.1) is 11.3 Å². The highest BCUT2D eigenvalue weighted by atomic mass is 32.1. The molecule has 0 atom stereocenters. The highest BCUT2D eigenvalue weighted by Gasteiger charge is 2.32. The van der Waals surface area contributed by atoms with E-state index >= 15 is 9.13 Å². The zero-order valence-corrected chi connectivity index (χ0v) is 36.3. The molecule has 0 fully saturated rings. The summed E-state index contributed by atoms with van der Waals surface area (Å²) < 4.78 is 36.8. The van der Waals surface area contributed by atoms with Crippen LogP contribution in [0.25, 0.3) is 65.1 Å². The second-order valence-corrected chi connectivity index (χ2v) is 22.2. The third-order valence-corrected chi connectivity index (χ3v) is 19.4. The van der Waals surface area contributed by atoms with E-state index in [1.807, 2.05) is 158 Å². The summed E-state index contributed by atoms with van der Waals surface area (Å²) in [5.74, 6) is 0. The summed E-state index contributed by atoms with van der Waals surface area (Å²) in [7, 11) is -6.43. The molecule has 63 heavy (non-hydrogen) atoms. The first-order chi connectivity index (χ1) is 31.0. The number of aromatic nitrogens is 4. The lowest BCUT2D eigenvalue weighted by atomic mass is 10.2. The molecule has 0 unspecified atom stereocenters. The van der Waals surface area contributed by atoms with Crippen LogP contribution in [-0.4, -0.2) is 19.1 Å². The van der Waals surface area contributed by atoms with E-state index in [0.29, 0.717) is 0 Å². The summed E-state index contributed by atoms with van der Waals surface area (Å²) in [5.41, 5.74) is 6.11. The average Bonchev–Trinajstić information content (AvgIpc) is 4.03. The Kier molecular flexibility index (Phi) is 8.81. The third kappa shape index (κ3) is 5.78. The SMILES string of the molecule is O=P(c1ccccc1)(c1ccccc1)c1ccc2c(c1)c1cnccc1n2-c1ccc2scc(-n3c4ccncc4c4cc(P(=O)(c5ccccc5)c5ccccc5)ccc43)c2c1. The van der Waals surface area contributed by atoms with E-state index < -0.39 is 14.3 Å². The Balaban J connectivity index is 1.04. The third-order valence-electron chi connectivity index (χ3n) is 12.3. The van der Waals surface area contributed by atoms with Crippen LogP contribution in [0.2, 0.25) is 0 Å². The largest absolute Gasteiger partial charge is 0.309 e. The first-order valence-corrected chi connectivity index (χ1v) is 25.0. The van der Waals surface area contributed by atoms with Crippen molar-refractivity contribution < 1.29 is 9.13 Å². The first-order valence-electron chi connectivity index (χ1n) is 20.7. The smallest absolute Gasteiger partial charge is 0.171 e. The van der Waals surface area contributed by atoms with Crippen molar-refractivity contribution in [3.05, 3.63) is 218 Å². The molecule has 0 aliphatic heterocycles. The molecule has 300 valence electrons. The second kappa shape index (κ2) is 14.8. The van der Waals surface area contributed by atoms with Gasteiger partial charge in [-0.05, 0) is 66.7 Å². The van der Waals surface area contributed by atoms with Gasteiger partial charge >= 0.3 is 0 Å². The van der Waals surface area contributed by atoms with Crippen LogP contribution >= 0.6 is 25.6 Å². The van der Waals surface area contributed by atoms with Crippen molar-refractivity contribution in [2.75, 3.05) is 0 Å². The number of thiophene rings is 1. The first kappa shape index (κ1) is 37.6. The molecule has 12 aromatic rings. The van der Waals surface area contributed by atoms with Crippen molar-refractivity contribution in [1.29, 1.82) is 0 Å². The van der Waals surface area contributed by atoms with Crippen LogP contribution in [-0.2, 0) is 9.13 Å². The molecule has 0 amide bonds. The lowest BCUT2D eigenvalue weighted by molar-refractivity contribution is 0.591. The zero-order chi connectivity index (χ0) is 42.1. The van der Waals surface area contributed by atoms with Crippen molar-refractivity contribution in [2.45, 2.75) is 0 Å². The van der Waals surface area contributed by atoms with Crippen LogP contribution in [0, 0.1) is 0 Å². The maximum Gasteiger partial charge on any atom is 0.171 e. The summed E-state index contributed by atoms with van der Waals surface area (Å²) in [6, 6.07) is 62.6. The van der Waals surface area contributed by atoms with Gasteiger partial charge in [0.1, 0.15) is 0 Å². The van der Waals surface area contributed by atoms with Crippen LogP contribution < -0.4 is 31.8 Å². The number of pyridine rings is 2. The zero-order valence-electron chi connectivity index (χ0n) is 33.7. The summed E-state index contributed by atoms with van der Waals surface area (Å²) >= 11 is 1.71. The van der Waals surface area contributed by atoms with E-state index in [0.717, 1.165) is 96.9 Å². The molecule has 0 N–H and O–H groups in total. The predicted molar refractivity (Wildman–Crippen MR) is 265 cm³/mol. The predicted octanol–water partition coefficient (Wildman–Crippen LogP) is 11.2. The second-order valence-electron chi connectivity index (χ2n) is 15.7. The summed E-state index contributed by atoms with van der Waals surface area (Å²) in [6.07, 6.45) is 7.51. The highest BCUT2D eigenvalue weighted by Crippen LogP contribution is 2.46. The lowest BCUT2D eigenvalue weighted by Gasteiger charge is -2.20. The number of rotatable bonds is 8. The topological polar surface area (TPSA) is 69.8 Å². The molecule has 6 nitrogen and oxygen atoms in total. The van der Waals surface area contributed by atoms with Crippen molar-refractivity contribution >= 4 is 111 Å². The molecule has 5 aromatic heterocycles. The van der Waals surface area contributed by atoms with E-state index in [9.17, 15) is 0 Å². The van der Waals surface area contributed by atoms with Crippen molar-refractivity contribution in [3.8, 4) is 11.4 Å². The Morgan fingerprint density at radius 1 is 0.381 bits per heavy atom. The molecule has 0 spiro atoms. The van der Waals surface area contributed by atoms with E-state index in [4.69, 9.17) is 0 Å². The quantitative estimate of drug-likeness (QED) is 0.143. The Morgan fingerprint density at radius 2 is 0.810 bits per heavy atom. The van der Waals surface area contributed by atoms with Crippen LogP contribution in [0.4, 0.5) is 0 Å². The number of nitrogens with zero attached hydrogens (tertiary/aromatic N) is 4. The maximum absolute atomic E-state index is 15.5. The molecule has 0 bridgehead atoms. The van der Waals surface area contributed by atoms with Gasteiger partial charge in [0, 0.05) is 99.3 Å². The minimum absolute atomic E-state index is 0.777. The van der Waals surface area contributed by atoms with E-state index in [1.165, 1.54) is 0 Å². The van der Waals surface area contributed by atoms with E-state index in [1.54, 1.807) is 11.3 Å². The van der Waals surface area contributed by atoms with Gasteiger partial charge in [0.2, 0.25) is 0 Å². The molecule has 0 saturated carbocycles. The van der Waals surface area contributed by atoms with Crippen molar-refractivity contribution in [1.82, 2.24) is 19.1 Å². The molecule has 12 rings (SSSR count). The van der Waals surface area contributed by atoms with Gasteiger partial charge in [-0.3, -0.25) is 9.97 Å². The van der Waals surface area contributed by atoms with Crippen LogP contribution in [0.1, 0.15) is 0 Å². The lowest BCUT2D eigenvalue weighted by Crippen LogP contribution is -2.24. The van der Waals surface area contributed by atoms with E-state index in [-0.39, 0.29) is 0 Å². The van der Waals surface area contributed by atoms with Gasteiger partial charge < -0.3 is 18.3 Å². The Hall–Kier alpha value is -7.14. The highest BCUT2D eigenvalue weighted by molar-refractivity contribution is 7.85. The van der Waals surface area contributed by atoms with Gasteiger partial charge in [0.25, 0.3) is 0 Å². The molecule has 7 aromatic carbocycles. The van der Waals surface area contributed by atoms with Crippen LogP contribution in [0.3, 0.4) is 0 Å². The Labute approximate surface area is 367 Å². The number of fused-ring (bicyclic) bond motifs is 7. The number of hydrogen-bond donors (Lipinski definition) is 0. The maximum atomic E-state index is 15.5. The van der Waals surface area contributed by atoms with E-state index in [2.05, 4.69) is 79.1 Å². The van der Waals surface area contributed by atoms with Crippen molar-refractivity contribution in [2.24, 2.45) is 0 Å². The molecular formula is C54H36N4O2P2S. The average molecular weight is 867 g/mol. The fourth-order valence-electron chi connectivity index (χ4n) is 9.40. The van der Waals surface area contributed by atoms with Crippen LogP contribution in [0.15, 0.2) is 218 Å². The molecule has 9 heteroatoms. The molecule has 0 radical (unpaired) electrons. The Bertz CT molecular complexity index is 3720. The minimum Gasteiger partial charge on any atom is -0.309 e. The summed E-state index contributed by atoms with van der Waals surface area (Å²) in [5, 5.41) is 12.0. The minimum atomic E-state index is -3.22. The molecule has 5 heterocycles. The molecule has 0 aliphatic rings. The fourth-order valence-corrected chi connectivity index (χ4v) is 15.7. The molecular weight excluding hydrogens is 831 g/mol. The monoisotopic (exact) mass is 866 g/mol. The van der Waals surface area contributed by atoms with Gasteiger partial charge in [0.15, 0.2) is 14.3 Å². The van der Waals surface area contributed by atoms with Crippen molar-refractivity contribution in [3.63, 3.8) is 0 Å². The molecule has 0 aliphatic carbocycles. The molecule has 0 saturated heterocycles. The number of hydrogen-bond acceptors (Lipinski definition) is 5. The summed E-state index contributed by atoms with van der Waals surface area (Å²) in [6.45, 7) is 0. The normalized spacial score (nSPS) is 12.3. The van der Waals surface area contributed by atoms with Gasteiger partial charge in [-0.2, -0.15) is 0 Å². The standard InChI is InChI=1S/C54H36N4O2P2S/c59-61(38-13-5-1-6-14-38,39-15-7-2-8-16-39)42-22-24-49-44(32-42)47-34-55-29-27-51(47)57(49)37-21-26-54-46(31-37)53(36-63-54)58-50-25-23-43(33-45(50)48-35-56-30-28-52(48)58)62(60,40-17-9-3-10-18-40)41-19-11-4-12-20-41/h1-36H. The number of benzene rings is 7. The fraction of sp³-hybridized carbons (Fsp3) is 0. The Morgan fingerprint density at radius 3 is 1.29 bits per heavy atom. The van der Waals surface area contributed by atoms with Crippen LogP contribution in [0.5, 0.6) is 0 Å². The van der Waals surface area contributed by atoms with Gasteiger partial charge in [-0.25, -0.2) is 0 Å². The van der Waals surface area contributed by atoms with Gasteiger partial charge in [-0.1, -0.05) is 121 Å². The summed E-state index contributed by atoms with van der Waals surface area (Å²) in [4.78, 5) is 9.16. The van der Waals surface area contributed by atoms with Gasteiger partial charge in [0.05, 0.1) is 27.8 Å².